The van der Waals surface area contributed by atoms with Gasteiger partial charge in [-0.25, -0.2) is 0 Å². The monoisotopic (exact) mass is 835 g/mol. The molecule has 0 bridgehead atoms. The molecule has 0 heterocycles. The first-order chi connectivity index (χ1) is 28.7. The van der Waals surface area contributed by atoms with Gasteiger partial charge in [0.25, 0.3) is 0 Å². The number of hydrogen-bond donors (Lipinski definition) is 0. The molecule has 0 aromatic carbocycles. The molecule has 0 fully saturated rings. The van der Waals surface area contributed by atoms with Crippen LogP contribution in [-0.4, -0.2) is 37.2 Å². The van der Waals surface area contributed by atoms with Crippen LogP contribution in [0.25, 0.3) is 0 Å². The Morgan fingerprint density at radius 2 is 0.559 bits per heavy atom. The zero-order valence-electron chi connectivity index (χ0n) is 40.4. The van der Waals surface area contributed by atoms with Crippen LogP contribution in [-0.2, 0) is 28.6 Å². The van der Waals surface area contributed by atoms with E-state index >= 15 is 0 Å². The van der Waals surface area contributed by atoms with Crippen LogP contribution < -0.4 is 0 Å². The van der Waals surface area contributed by atoms with Crippen LogP contribution in [0.1, 0.15) is 291 Å². The molecule has 0 aromatic rings. The molecule has 0 aromatic heterocycles. The van der Waals surface area contributed by atoms with Crippen LogP contribution in [0.15, 0.2) is 0 Å². The zero-order chi connectivity index (χ0) is 43.3. The molecule has 0 aliphatic rings. The SMILES string of the molecule is CCCCCCCCCCCCCCCC(=O)OC[C@H](COC(=O)CCCCCCCCC(C)C)OC(=O)CCCCCCCCCCCCCCCCCCC(C)C. The zero-order valence-corrected chi connectivity index (χ0v) is 40.4. The Kier molecular flexibility index (Phi) is 44.7. The normalized spacial score (nSPS) is 12.1. The van der Waals surface area contributed by atoms with Crippen LogP contribution in [0.4, 0.5) is 0 Å². The van der Waals surface area contributed by atoms with E-state index in [0.717, 1.165) is 69.6 Å². The molecule has 59 heavy (non-hydrogen) atoms. The van der Waals surface area contributed by atoms with Gasteiger partial charge in [0.1, 0.15) is 13.2 Å². The highest BCUT2D eigenvalue weighted by Crippen LogP contribution is 2.17. The van der Waals surface area contributed by atoms with Gasteiger partial charge in [0.15, 0.2) is 6.10 Å². The van der Waals surface area contributed by atoms with Gasteiger partial charge in [-0.3, -0.25) is 14.4 Å². The number of rotatable bonds is 47. The lowest BCUT2D eigenvalue weighted by Gasteiger charge is -2.18. The predicted octanol–water partition coefficient (Wildman–Crippen LogP) is 16.9. The minimum atomic E-state index is -0.762. The van der Waals surface area contributed by atoms with Crippen LogP contribution in [0.3, 0.4) is 0 Å². The van der Waals surface area contributed by atoms with Gasteiger partial charge in [0.05, 0.1) is 0 Å². The maximum Gasteiger partial charge on any atom is 0.306 e. The second-order valence-electron chi connectivity index (χ2n) is 19.1. The van der Waals surface area contributed by atoms with Gasteiger partial charge < -0.3 is 14.2 Å². The lowest BCUT2D eigenvalue weighted by molar-refractivity contribution is -0.167. The fourth-order valence-electron chi connectivity index (χ4n) is 7.99. The molecule has 0 unspecified atom stereocenters. The molecule has 6 nitrogen and oxygen atoms in total. The second-order valence-corrected chi connectivity index (χ2v) is 19.1. The first-order valence-corrected chi connectivity index (χ1v) is 26.2. The molecule has 0 saturated heterocycles. The van der Waals surface area contributed by atoms with Crippen molar-refractivity contribution in [1.82, 2.24) is 0 Å². The number of hydrogen-bond acceptors (Lipinski definition) is 6. The maximum atomic E-state index is 12.8. The number of carbonyl (C=O) groups is 3. The molecule has 350 valence electrons. The summed E-state index contributed by atoms with van der Waals surface area (Å²) in [6.07, 6.45) is 46.8. The highest BCUT2D eigenvalue weighted by Gasteiger charge is 2.19. The number of esters is 3. The average Bonchev–Trinajstić information content (AvgIpc) is 3.20. The van der Waals surface area contributed by atoms with Gasteiger partial charge in [-0.05, 0) is 31.1 Å². The Balaban J connectivity index is 4.24. The van der Waals surface area contributed by atoms with Gasteiger partial charge in [-0.1, -0.05) is 253 Å². The molecule has 0 radical (unpaired) electrons. The van der Waals surface area contributed by atoms with Crippen LogP contribution in [0.5, 0.6) is 0 Å². The van der Waals surface area contributed by atoms with Crippen molar-refractivity contribution in [3.05, 3.63) is 0 Å². The summed E-state index contributed by atoms with van der Waals surface area (Å²) in [5, 5.41) is 0. The Morgan fingerprint density at radius 3 is 0.831 bits per heavy atom. The highest BCUT2D eigenvalue weighted by molar-refractivity contribution is 5.71. The smallest absolute Gasteiger partial charge is 0.306 e. The molecule has 1 atom stereocenters. The standard InChI is InChI=1S/C53H102O6/c1-6-7-8-9-10-11-12-17-21-24-27-33-38-43-51(54)57-46-50(47-58-52(55)44-39-34-30-29-32-37-42-49(4)5)59-53(56)45-40-35-28-25-22-19-16-14-13-15-18-20-23-26-31-36-41-48(2)3/h48-50H,6-47H2,1-5H3/t50-/m1/s1. The fraction of sp³-hybridized carbons (Fsp3) is 0.943. The molecule has 0 amide bonds. The lowest BCUT2D eigenvalue weighted by atomic mass is 10.0. The van der Waals surface area contributed by atoms with Crippen molar-refractivity contribution in [3.8, 4) is 0 Å². The Labute approximate surface area is 368 Å². The minimum Gasteiger partial charge on any atom is -0.462 e. The van der Waals surface area contributed by atoms with E-state index in [-0.39, 0.29) is 31.1 Å². The van der Waals surface area contributed by atoms with E-state index in [9.17, 15) is 14.4 Å². The topological polar surface area (TPSA) is 78.9 Å². The van der Waals surface area contributed by atoms with Gasteiger partial charge >= 0.3 is 17.9 Å². The van der Waals surface area contributed by atoms with Crippen molar-refractivity contribution in [2.24, 2.45) is 11.8 Å². The third-order valence-corrected chi connectivity index (χ3v) is 12.0. The van der Waals surface area contributed by atoms with Crippen LogP contribution in [0.2, 0.25) is 0 Å². The number of ether oxygens (including phenoxy) is 3. The summed E-state index contributed by atoms with van der Waals surface area (Å²) in [5.74, 6) is 0.763. The molecule has 0 rings (SSSR count). The Morgan fingerprint density at radius 1 is 0.322 bits per heavy atom. The number of unbranched alkanes of at least 4 members (excludes halogenated alkanes) is 32. The molecule has 0 saturated carbocycles. The maximum absolute atomic E-state index is 12.8. The summed E-state index contributed by atoms with van der Waals surface area (Å²) in [6, 6.07) is 0. The van der Waals surface area contributed by atoms with E-state index in [1.807, 2.05) is 0 Å². The summed E-state index contributed by atoms with van der Waals surface area (Å²) in [4.78, 5) is 37.9. The van der Waals surface area contributed by atoms with E-state index in [1.54, 1.807) is 0 Å². The predicted molar refractivity (Wildman–Crippen MR) is 252 cm³/mol. The van der Waals surface area contributed by atoms with E-state index in [0.29, 0.717) is 19.3 Å². The van der Waals surface area contributed by atoms with Crippen molar-refractivity contribution in [2.45, 2.75) is 298 Å². The summed E-state index contributed by atoms with van der Waals surface area (Å²) in [5.41, 5.74) is 0. The van der Waals surface area contributed by atoms with Gasteiger partial charge in [0, 0.05) is 19.3 Å². The molecule has 0 aliphatic carbocycles. The average molecular weight is 835 g/mol. The molecule has 0 aliphatic heterocycles. The molecule has 6 heteroatoms. The van der Waals surface area contributed by atoms with E-state index in [1.165, 1.54) is 180 Å². The fourth-order valence-corrected chi connectivity index (χ4v) is 7.99. The van der Waals surface area contributed by atoms with E-state index < -0.39 is 6.10 Å². The highest BCUT2D eigenvalue weighted by atomic mass is 16.6. The van der Waals surface area contributed by atoms with E-state index in [4.69, 9.17) is 14.2 Å². The first kappa shape index (κ1) is 57.4. The quantitative estimate of drug-likeness (QED) is 0.0345. The molecule has 0 N–H and O–H groups in total. The van der Waals surface area contributed by atoms with Crippen LogP contribution in [0, 0.1) is 11.8 Å². The van der Waals surface area contributed by atoms with E-state index in [2.05, 4.69) is 34.6 Å². The second kappa shape index (κ2) is 45.9. The largest absolute Gasteiger partial charge is 0.462 e. The van der Waals surface area contributed by atoms with Gasteiger partial charge in [-0.15, -0.1) is 0 Å². The van der Waals surface area contributed by atoms with Crippen molar-refractivity contribution in [1.29, 1.82) is 0 Å². The lowest BCUT2D eigenvalue weighted by Crippen LogP contribution is -2.30. The molecule has 0 spiro atoms. The van der Waals surface area contributed by atoms with Crippen molar-refractivity contribution >= 4 is 17.9 Å². The summed E-state index contributed by atoms with van der Waals surface area (Å²) < 4.78 is 16.8. The molecular formula is C53H102O6. The number of carbonyl (C=O) groups excluding carboxylic acids is 3. The van der Waals surface area contributed by atoms with Crippen molar-refractivity contribution < 1.29 is 28.6 Å². The van der Waals surface area contributed by atoms with Gasteiger partial charge in [-0.2, -0.15) is 0 Å². The summed E-state index contributed by atoms with van der Waals surface area (Å²) >= 11 is 0. The van der Waals surface area contributed by atoms with Crippen molar-refractivity contribution in [3.63, 3.8) is 0 Å². The Bertz CT molecular complexity index is 900. The third kappa shape index (κ3) is 47.3. The summed E-state index contributed by atoms with van der Waals surface area (Å²) in [7, 11) is 0. The third-order valence-electron chi connectivity index (χ3n) is 12.0. The minimum absolute atomic E-state index is 0.0642. The molecular weight excluding hydrogens is 733 g/mol. The Hall–Kier alpha value is -1.59. The van der Waals surface area contributed by atoms with Gasteiger partial charge in [0.2, 0.25) is 0 Å². The van der Waals surface area contributed by atoms with Crippen LogP contribution >= 0.6 is 0 Å². The summed E-state index contributed by atoms with van der Waals surface area (Å²) in [6.45, 7) is 11.3. The first-order valence-electron chi connectivity index (χ1n) is 26.2. The van der Waals surface area contributed by atoms with Crippen molar-refractivity contribution in [2.75, 3.05) is 13.2 Å².